The zero-order valence-corrected chi connectivity index (χ0v) is 8.81. The molecule has 0 aromatic carbocycles. The molecule has 72 valence electrons. The minimum absolute atomic E-state index is 0.230. The lowest BCUT2D eigenvalue weighted by molar-refractivity contribution is -0.115. The number of hydrogen-bond acceptors (Lipinski definition) is 1. The maximum absolute atomic E-state index is 11.8. The second kappa shape index (κ2) is 2.70. The summed E-state index contributed by atoms with van der Waals surface area (Å²) in [5.41, 5.74) is 2.79. The monoisotopic (exact) mass is 178 g/mol. The number of ketones is 1. The first-order valence-corrected chi connectivity index (χ1v) is 5.25. The Morgan fingerprint density at radius 2 is 2.08 bits per heavy atom. The van der Waals surface area contributed by atoms with Gasteiger partial charge >= 0.3 is 0 Å². The highest BCUT2D eigenvalue weighted by Crippen LogP contribution is 2.50. The summed E-state index contributed by atoms with van der Waals surface area (Å²) in [5.74, 6) is 0.987. The summed E-state index contributed by atoms with van der Waals surface area (Å²) < 4.78 is 0. The number of allylic oxidation sites excluding steroid dienone is 2. The first-order valence-electron chi connectivity index (χ1n) is 5.25. The van der Waals surface area contributed by atoms with E-state index >= 15 is 0 Å². The number of hydrogen-bond donors (Lipinski definition) is 0. The fourth-order valence-electron chi connectivity index (χ4n) is 2.99. The van der Waals surface area contributed by atoms with Crippen molar-refractivity contribution in [3.05, 3.63) is 11.1 Å². The van der Waals surface area contributed by atoms with E-state index in [-0.39, 0.29) is 5.41 Å². The maximum Gasteiger partial charge on any atom is 0.159 e. The van der Waals surface area contributed by atoms with Crippen LogP contribution in [0.25, 0.3) is 0 Å². The molecule has 1 fully saturated rings. The smallest absolute Gasteiger partial charge is 0.159 e. The van der Waals surface area contributed by atoms with Gasteiger partial charge in [-0.15, -0.1) is 0 Å². The van der Waals surface area contributed by atoms with Gasteiger partial charge in [0.15, 0.2) is 5.78 Å². The summed E-state index contributed by atoms with van der Waals surface area (Å²) in [4.78, 5) is 11.8. The Morgan fingerprint density at radius 1 is 1.38 bits per heavy atom. The lowest BCUT2D eigenvalue weighted by atomic mass is 9.74. The molecule has 0 amide bonds. The molecule has 0 aliphatic heterocycles. The van der Waals surface area contributed by atoms with Crippen molar-refractivity contribution >= 4 is 5.78 Å². The van der Waals surface area contributed by atoms with E-state index in [1.54, 1.807) is 0 Å². The van der Waals surface area contributed by atoms with E-state index < -0.39 is 0 Å². The predicted molar refractivity (Wildman–Crippen MR) is 53.4 cm³/mol. The summed E-state index contributed by atoms with van der Waals surface area (Å²) in [6.07, 6.45) is 4.42. The van der Waals surface area contributed by atoms with Gasteiger partial charge in [-0.05, 0) is 43.1 Å². The van der Waals surface area contributed by atoms with Gasteiger partial charge in [-0.1, -0.05) is 19.4 Å². The molecule has 0 N–H and O–H groups in total. The number of Topliss-reactive ketones (excluding diaryl/α,β-unsaturated/α-hetero) is 1. The molecule has 2 aliphatic carbocycles. The highest BCUT2D eigenvalue weighted by atomic mass is 16.1. The van der Waals surface area contributed by atoms with Crippen LogP contribution >= 0.6 is 0 Å². The molecule has 2 aliphatic rings. The van der Waals surface area contributed by atoms with Crippen LogP contribution in [0.5, 0.6) is 0 Å². The van der Waals surface area contributed by atoms with Gasteiger partial charge in [-0.2, -0.15) is 0 Å². The van der Waals surface area contributed by atoms with Crippen LogP contribution in [0.4, 0.5) is 0 Å². The third-order valence-corrected chi connectivity index (χ3v) is 3.71. The maximum atomic E-state index is 11.8. The van der Waals surface area contributed by atoms with Crippen molar-refractivity contribution in [2.75, 3.05) is 0 Å². The second-order valence-electron chi connectivity index (χ2n) is 5.23. The molecule has 1 saturated carbocycles. The molecular formula is C12H18O. The van der Waals surface area contributed by atoms with Crippen molar-refractivity contribution in [1.29, 1.82) is 0 Å². The van der Waals surface area contributed by atoms with Gasteiger partial charge < -0.3 is 0 Å². The highest BCUT2D eigenvalue weighted by Gasteiger charge is 2.45. The zero-order valence-electron chi connectivity index (χ0n) is 8.81. The topological polar surface area (TPSA) is 17.1 Å². The molecule has 0 radical (unpaired) electrons. The number of carbonyl (C=O) groups is 1. The van der Waals surface area contributed by atoms with Crippen LogP contribution in [0.1, 0.15) is 46.5 Å². The van der Waals surface area contributed by atoms with E-state index in [1.165, 1.54) is 24.0 Å². The quantitative estimate of drug-likeness (QED) is 0.557. The van der Waals surface area contributed by atoms with Crippen LogP contribution in [-0.4, -0.2) is 5.78 Å². The molecule has 0 saturated heterocycles. The van der Waals surface area contributed by atoms with E-state index in [2.05, 4.69) is 20.8 Å². The fraction of sp³-hybridized carbons (Fsp3) is 0.750. The summed E-state index contributed by atoms with van der Waals surface area (Å²) in [7, 11) is 0. The molecule has 0 aromatic rings. The minimum atomic E-state index is 0.230. The molecule has 0 aromatic heterocycles. The summed E-state index contributed by atoms with van der Waals surface area (Å²) in [6, 6.07) is 0. The minimum Gasteiger partial charge on any atom is -0.295 e. The molecule has 1 atom stereocenters. The Balaban J connectivity index is 2.45. The van der Waals surface area contributed by atoms with Crippen molar-refractivity contribution in [3.63, 3.8) is 0 Å². The van der Waals surface area contributed by atoms with Gasteiger partial charge in [0.1, 0.15) is 0 Å². The van der Waals surface area contributed by atoms with Crippen LogP contribution in [0, 0.1) is 11.3 Å². The van der Waals surface area contributed by atoms with Crippen LogP contribution < -0.4 is 0 Å². The molecule has 0 heterocycles. The van der Waals surface area contributed by atoms with E-state index in [4.69, 9.17) is 0 Å². The highest BCUT2D eigenvalue weighted by molar-refractivity contribution is 5.99. The molecular weight excluding hydrogens is 160 g/mol. The third-order valence-electron chi connectivity index (χ3n) is 3.71. The molecule has 0 spiro atoms. The second-order valence-corrected chi connectivity index (χ2v) is 5.23. The van der Waals surface area contributed by atoms with E-state index in [0.717, 1.165) is 12.8 Å². The largest absolute Gasteiger partial charge is 0.295 e. The van der Waals surface area contributed by atoms with Gasteiger partial charge in [0.2, 0.25) is 0 Å². The van der Waals surface area contributed by atoms with Gasteiger partial charge in [-0.25, -0.2) is 0 Å². The first kappa shape index (κ1) is 8.98. The number of carbonyl (C=O) groups excluding carboxylic acids is 1. The van der Waals surface area contributed by atoms with E-state index in [1.807, 2.05) is 0 Å². The van der Waals surface area contributed by atoms with Crippen molar-refractivity contribution in [2.45, 2.75) is 46.5 Å². The van der Waals surface area contributed by atoms with E-state index in [0.29, 0.717) is 11.7 Å². The summed E-state index contributed by atoms with van der Waals surface area (Å²) >= 11 is 0. The SMILES string of the molecule is CC1=C2C(=O)CC(C)(C)C2CCC1. The molecule has 1 heteroatoms. The Bertz CT molecular complexity index is 283. The van der Waals surface area contributed by atoms with Crippen LogP contribution in [-0.2, 0) is 4.79 Å². The molecule has 1 nitrogen and oxygen atoms in total. The van der Waals surface area contributed by atoms with Crippen LogP contribution in [0.15, 0.2) is 11.1 Å². The fourth-order valence-corrected chi connectivity index (χ4v) is 2.99. The van der Waals surface area contributed by atoms with Gasteiger partial charge in [0, 0.05) is 6.42 Å². The molecule has 0 bridgehead atoms. The van der Waals surface area contributed by atoms with Crippen LogP contribution in [0.3, 0.4) is 0 Å². The van der Waals surface area contributed by atoms with Crippen LogP contribution in [0.2, 0.25) is 0 Å². The Morgan fingerprint density at radius 3 is 2.69 bits per heavy atom. The van der Waals surface area contributed by atoms with Gasteiger partial charge in [-0.3, -0.25) is 4.79 Å². The van der Waals surface area contributed by atoms with Gasteiger partial charge in [0.25, 0.3) is 0 Å². The zero-order chi connectivity index (χ0) is 9.64. The number of fused-ring (bicyclic) bond motifs is 1. The first-order chi connectivity index (χ1) is 6.02. The average molecular weight is 178 g/mol. The third kappa shape index (κ3) is 1.25. The Kier molecular flexibility index (Phi) is 1.86. The Hall–Kier alpha value is -0.590. The summed E-state index contributed by atoms with van der Waals surface area (Å²) in [6.45, 7) is 6.61. The molecule has 2 rings (SSSR count). The number of rotatable bonds is 0. The van der Waals surface area contributed by atoms with Crippen molar-refractivity contribution in [2.24, 2.45) is 11.3 Å². The van der Waals surface area contributed by atoms with Crippen molar-refractivity contribution < 1.29 is 4.79 Å². The molecule has 13 heavy (non-hydrogen) atoms. The van der Waals surface area contributed by atoms with Crippen molar-refractivity contribution in [3.8, 4) is 0 Å². The lowest BCUT2D eigenvalue weighted by Crippen LogP contribution is -2.20. The van der Waals surface area contributed by atoms with E-state index in [9.17, 15) is 4.79 Å². The molecule has 1 unspecified atom stereocenters. The normalized spacial score (nSPS) is 32.2. The lowest BCUT2D eigenvalue weighted by Gasteiger charge is -2.30. The average Bonchev–Trinajstić information content (AvgIpc) is 2.24. The van der Waals surface area contributed by atoms with Gasteiger partial charge in [0.05, 0.1) is 0 Å². The van der Waals surface area contributed by atoms with Crippen molar-refractivity contribution in [1.82, 2.24) is 0 Å². The summed E-state index contributed by atoms with van der Waals surface area (Å²) in [5, 5.41) is 0. The Labute approximate surface area is 80.2 Å². The predicted octanol–water partition coefficient (Wildman–Crippen LogP) is 3.10. The standard InChI is InChI=1S/C12H18O/c1-8-5-4-6-9-11(8)10(13)7-12(9,2)3/h9H,4-7H2,1-3H3.